The summed E-state index contributed by atoms with van der Waals surface area (Å²) in [5.41, 5.74) is 3.98. The van der Waals surface area contributed by atoms with Crippen LogP contribution in [0.4, 0.5) is 4.39 Å². The van der Waals surface area contributed by atoms with Crippen LogP contribution in [0.3, 0.4) is 0 Å². The Labute approximate surface area is 156 Å². The van der Waals surface area contributed by atoms with Crippen molar-refractivity contribution >= 4 is 0 Å². The van der Waals surface area contributed by atoms with Crippen LogP contribution in [0.2, 0.25) is 0 Å². The van der Waals surface area contributed by atoms with Crippen molar-refractivity contribution in [3.05, 3.63) is 78.0 Å². The minimum absolute atomic E-state index is 0.248. The molecule has 0 unspecified atom stereocenters. The summed E-state index contributed by atoms with van der Waals surface area (Å²) in [6, 6.07) is 16.6. The predicted octanol–water partition coefficient (Wildman–Crippen LogP) is 5.17. The molecule has 0 fully saturated rings. The SMILES string of the molecule is CC1(C)Cc2c(cnn2-c2ccccc2)-c2oc(-c3ccccc3F)nc21. The monoisotopic (exact) mass is 359 g/mol. The number of halogens is 1. The predicted molar refractivity (Wildman–Crippen MR) is 101 cm³/mol. The van der Waals surface area contributed by atoms with Gasteiger partial charge in [-0.3, -0.25) is 0 Å². The lowest BCUT2D eigenvalue weighted by Crippen LogP contribution is -2.27. The highest BCUT2D eigenvalue weighted by Crippen LogP contribution is 2.45. The minimum atomic E-state index is -0.339. The highest BCUT2D eigenvalue weighted by Gasteiger charge is 2.39. The summed E-state index contributed by atoms with van der Waals surface area (Å²) in [4.78, 5) is 4.67. The van der Waals surface area contributed by atoms with Gasteiger partial charge in [0.15, 0.2) is 5.76 Å². The second-order valence-electron chi connectivity index (χ2n) is 7.49. The lowest BCUT2D eigenvalue weighted by Gasteiger charge is -2.28. The summed E-state index contributed by atoms with van der Waals surface area (Å²) < 4.78 is 22.3. The quantitative estimate of drug-likeness (QED) is 0.496. The van der Waals surface area contributed by atoms with Crippen LogP contribution < -0.4 is 0 Å². The lowest BCUT2D eigenvalue weighted by atomic mass is 9.78. The third-order valence-corrected chi connectivity index (χ3v) is 5.10. The normalized spacial score (nSPS) is 14.6. The van der Waals surface area contributed by atoms with E-state index in [1.807, 2.05) is 41.2 Å². The first-order chi connectivity index (χ1) is 13.0. The first-order valence-corrected chi connectivity index (χ1v) is 8.93. The Bertz CT molecular complexity index is 1140. The second kappa shape index (κ2) is 5.64. The second-order valence-corrected chi connectivity index (χ2v) is 7.49. The highest BCUT2D eigenvalue weighted by molar-refractivity contribution is 5.70. The fraction of sp³-hybridized carbons (Fsp3) is 0.182. The van der Waals surface area contributed by atoms with Gasteiger partial charge in [-0.2, -0.15) is 5.10 Å². The van der Waals surface area contributed by atoms with Gasteiger partial charge >= 0.3 is 0 Å². The molecule has 1 aliphatic carbocycles. The molecule has 0 aliphatic heterocycles. The Morgan fingerprint density at radius 2 is 1.74 bits per heavy atom. The zero-order chi connectivity index (χ0) is 18.6. The van der Waals surface area contributed by atoms with E-state index in [9.17, 15) is 4.39 Å². The standard InChI is InChI=1S/C22H18FN3O/c1-22(2)12-18-16(13-24-26(18)14-8-4-3-5-9-14)19-20(22)25-21(27-19)15-10-6-7-11-17(15)23/h3-11,13H,12H2,1-2H3. The molecule has 5 heteroatoms. The van der Waals surface area contributed by atoms with Crippen LogP contribution in [0.15, 0.2) is 65.2 Å². The van der Waals surface area contributed by atoms with E-state index in [1.54, 1.807) is 18.2 Å². The summed E-state index contributed by atoms with van der Waals surface area (Å²) in [7, 11) is 0. The minimum Gasteiger partial charge on any atom is -0.436 e. The summed E-state index contributed by atoms with van der Waals surface area (Å²) in [6.45, 7) is 4.26. The molecule has 4 nitrogen and oxygen atoms in total. The Balaban J connectivity index is 1.70. The number of benzene rings is 2. The zero-order valence-electron chi connectivity index (χ0n) is 15.1. The Hall–Kier alpha value is -3.21. The van der Waals surface area contributed by atoms with E-state index >= 15 is 0 Å². The molecule has 0 saturated heterocycles. The molecule has 0 amide bonds. The third-order valence-electron chi connectivity index (χ3n) is 5.10. The smallest absolute Gasteiger partial charge is 0.230 e. The van der Waals surface area contributed by atoms with E-state index in [2.05, 4.69) is 23.9 Å². The largest absolute Gasteiger partial charge is 0.436 e. The van der Waals surface area contributed by atoms with Gasteiger partial charge in [0.2, 0.25) is 5.89 Å². The molecular formula is C22H18FN3O. The van der Waals surface area contributed by atoms with E-state index in [0.29, 0.717) is 17.2 Å². The molecular weight excluding hydrogens is 341 g/mol. The summed E-state index contributed by atoms with van der Waals surface area (Å²) in [5, 5.41) is 4.59. The van der Waals surface area contributed by atoms with E-state index in [-0.39, 0.29) is 11.2 Å². The van der Waals surface area contributed by atoms with Crippen LogP contribution in [-0.4, -0.2) is 14.8 Å². The maximum atomic E-state index is 14.2. The molecule has 5 rings (SSSR count). The van der Waals surface area contributed by atoms with Gasteiger partial charge in [0.1, 0.15) is 5.82 Å². The number of para-hydroxylation sites is 1. The molecule has 2 aromatic heterocycles. The van der Waals surface area contributed by atoms with Gasteiger partial charge in [-0.1, -0.05) is 44.2 Å². The molecule has 2 heterocycles. The molecule has 0 radical (unpaired) electrons. The van der Waals surface area contributed by atoms with Gasteiger partial charge in [-0.25, -0.2) is 14.1 Å². The number of hydrogen-bond donors (Lipinski definition) is 0. The van der Waals surface area contributed by atoms with Crippen molar-refractivity contribution in [2.24, 2.45) is 0 Å². The van der Waals surface area contributed by atoms with Crippen molar-refractivity contribution in [2.75, 3.05) is 0 Å². The topological polar surface area (TPSA) is 43.9 Å². The molecule has 0 atom stereocenters. The number of rotatable bonds is 2. The molecule has 4 aromatic rings. The lowest BCUT2D eigenvalue weighted by molar-refractivity contribution is 0.479. The molecule has 0 N–H and O–H groups in total. The van der Waals surface area contributed by atoms with Crippen LogP contribution in [-0.2, 0) is 11.8 Å². The Morgan fingerprint density at radius 1 is 1.00 bits per heavy atom. The molecule has 1 aliphatic rings. The summed E-state index contributed by atoms with van der Waals surface area (Å²) in [5.74, 6) is 0.655. The van der Waals surface area contributed by atoms with E-state index in [4.69, 9.17) is 4.42 Å². The zero-order valence-corrected chi connectivity index (χ0v) is 15.1. The molecule has 0 spiro atoms. The van der Waals surface area contributed by atoms with E-state index in [1.165, 1.54) is 6.07 Å². The summed E-state index contributed by atoms with van der Waals surface area (Å²) >= 11 is 0. The number of aromatic nitrogens is 3. The molecule has 0 saturated carbocycles. The highest BCUT2D eigenvalue weighted by atomic mass is 19.1. The average molecular weight is 359 g/mol. The van der Waals surface area contributed by atoms with Gasteiger partial charge in [0.25, 0.3) is 0 Å². The third kappa shape index (κ3) is 2.42. The van der Waals surface area contributed by atoms with Gasteiger partial charge in [-0.15, -0.1) is 0 Å². The maximum Gasteiger partial charge on any atom is 0.230 e. The van der Waals surface area contributed by atoms with Crippen LogP contribution in [0.25, 0.3) is 28.5 Å². The fourth-order valence-electron chi connectivity index (χ4n) is 3.74. The van der Waals surface area contributed by atoms with Gasteiger partial charge in [0.05, 0.1) is 34.4 Å². The van der Waals surface area contributed by atoms with Gasteiger partial charge in [-0.05, 0) is 24.3 Å². The van der Waals surface area contributed by atoms with Crippen molar-refractivity contribution in [3.8, 4) is 28.5 Å². The van der Waals surface area contributed by atoms with Crippen LogP contribution >= 0.6 is 0 Å². The van der Waals surface area contributed by atoms with Crippen molar-refractivity contribution in [2.45, 2.75) is 25.7 Å². The summed E-state index contributed by atoms with van der Waals surface area (Å²) in [6.07, 6.45) is 2.58. The first-order valence-electron chi connectivity index (χ1n) is 8.93. The van der Waals surface area contributed by atoms with Crippen LogP contribution in [0.5, 0.6) is 0 Å². The number of hydrogen-bond acceptors (Lipinski definition) is 3. The van der Waals surface area contributed by atoms with E-state index in [0.717, 1.165) is 29.1 Å². The first kappa shape index (κ1) is 16.0. The van der Waals surface area contributed by atoms with Crippen LogP contribution in [0, 0.1) is 5.82 Å². The molecule has 0 bridgehead atoms. The van der Waals surface area contributed by atoms with Crippen molar-refractivity contribution < 1.29 is 8.81 Å². The number of fused-ring (bicyclic) bond motifs is 3. The van der Waals surface area contributed by atoms with Gasteiger partial charge < -0.3 is 4.42 Å². The average Bonchev–Trinajstić information content (AvgIpc) is 3.27. The molecule has 134 valence electrons. The Kier molecular flexibility index (Phi) is 3.34. The number of nitrogens with zero attached hydrogens (tertiary/aromatic N) is 3. The number of oxazole rings is 1. The van der Waals surface area contributed by atoms with Crippen molar-refractivity contribution in [1.82, 2.24) is 14.8 Å². The van der Waals surface area contributed by atoms with Crippen molar-refractivity contribution in [1.29, 1.82) is 0 Å². The maximum absolute atomic E-state index is 14.2. The fourth-order valence-corrected chi connectivity index (χ4v) is 3.74. The van der Waals surface area contributed by atoms with Crippen LogP contribution in [0.1, 0.15) is 25.2 Å². The molecule has 27 heavy (non-hydrogen) atoms. The molecule has 2 aromatic carbocycles. The van der Waals surface area contributed by atoms with Crippen molar-refractivity contribution in [3.63, 3.8) is 0 Å². The Morgan fingerprint density at radius 3 is 2.52 bits per heavy atom. The van der Waals surface area contributed by atoms with Gasteiger partial charge in [0, 0.05) is 11.8 Å². The van der Waals surface area contributed by atoms with E-state index < -0.39 is 0 Å².